The van der Waals surface area contributed by atoms with Crippen LogP contribution in [0.1, 0.15) is 24.0 Å². The van der Waals surface area contributed by atoms with E-state index in [-0.39, 0.29) is 6.04 Å². The molecule has 1 heterocycles. The van der Waals surface area contributed by atoms with E-state index >= 15 is 0 Å². The topological polar surface area (TPSA) is 40.5 Å². The van der Waals surface area contributed by atoms with E-state index in [1.165, 1.54) is 0 Å². The van der Waals surface area contributed by atoms with Gasteiger partial charge in [0.1, 0.15) is 6.04 Å². The zero-order chi connectivity index (χ0) is 13.3. The zero-order valence-corrected chi connectivity index (χ0v) is 12.5. The molecule has 98 valence electrons. The van der Waals surface area contributed by atoms with Crippen molar-refractivity contribution in [2.45, 2.75) is 32.4 Å². The maximum absolute atomic E-state index is 11.1. The Bertz CT molecular complexity index is 478. The second-order valence-electron chi connectivity index (χ2n) is 4.66. The molecular formula is C13H15BrClNO2. The number of aryl methyl sites for hydroxylation is 1. The van der Waals surface area contributed by atoms with Crippen LogP contribution in [-0.2, 0) is 11.3 Å². The maximum atomic E-state index is 11.1. The molecule has 1 saturated heterocycles. The molecule has 1 aliphatic rings. The molecule has 0 aliphatic carbocycles. The lowest BCUT2D eigenvalue weighted by Gasteiger charge is -2.22. The Morgan fingerprint density at radius 2 is 2.33 bits per heavy atom. The van der Waals surface area contributed by atoms with Crippen molar-refractivity contribution in [2.75, 3.05) is 6.54 Å². The first-order chi connectivity index (χ1) is 8.49. The van der Waals surface area contributed by atoms with E-state index in [1.54, 1.807) is 0 Å². The molecule has 0 unspecified atom stereocenters. The second-order valence-corrected chi connectivity index (χ2v) is 5.92. The van der Waals surface area contributed by atoms with Crippen molar-refractivity contribution in [2.24, 2.45) is 0 Å². The molecule has 2 rings (SSSR count). The maximum Gasteiger partial charge on any atom is 0.320 e. The van der Waals surface area contributed by atoms with Gasteiger partial charge in [-0.15, -0.1) is 0 Å². The number of carbonyl (C=O) groups is 1. The fourth-order valence-electron chi connectivity index (χ4n) is 2.32. The minimum Gasteiger partial charge on any atom is -0.480 e. The van der Waals surface area contributed by atoms with Crippen LogP contribution in [0.3, 0.4) is 0 Å². The molecule has 0 spiro atoms. The van der Waals surface area contributed by atoms with E-state index in [1.807, 2.05) is 24.0 Å². The Kier molecular flexibility index (Phi) is 4.30. The van der Waals surface area contributed by atoms with Crippen LogP contribution in [-0.4, -0.2) is 28.6 Å². The molecular weight excluding hydrogens is 318 g/mol. The van der Waals surface area contributed by atoms with Crippen molar-refractivity contribution in [3.05, 3.63) is 32.8 Å². The Balaban J connectivity index is 2.19. The average molecular weight is 333 g/mol. The summed E-state index contributed by atoms with van der Waals surface area (Å²) >= 11 is 9.63. The molecule has 0 amide bonds. The standard InChI is InChI=1S/C13H15BrClNO2/c1-8-5-10(14)9(6-11(8)15)7-16-4-2-3-12(16)13(17)18/h5-6,12H,2-4,7H2,1H3,(H,17,18)/t12-/m1/s1. The van der Waals surface area contributed by atoms with Gasteiger partial charge >= 0.3 is 5.97 Å². The minimum absolute atomic E-state index is 0.364. The van der Waals surface area contributed by atoms with E-state index in [9.17, 15) is 4.79 Å². The molecule has 0 bridgehead atoms. The first-order valence-corrected chi connectivity index (χ1v) is 7.07. The predicted molar refractivity (Wildman–Crippen MR) is 75.0 cm³/mol. The van der Waals surface area contributed by atoms with Crippen molar-refractivity contribution < 1.29 is 9.90 Å². The number of carboxylic acid groups (broad SMARTS) is 1. The highest BCUT2D eigenvalue weighted by Gasteiger charge is 2.30. The highest BCUT2D eigenvalue weighted by molar-refractivity contribution is 9.10. The van der Waals surface area contributed by atoms with Crippen molar-refractivity contribution in [3.63, 3.8) is 0 Å². The molecule has 1 aromatic carbocycles. The van der Waals surface area contributed by atoms with Gasteiger partial charge in [0.15, 0.2) is 0 Å². The molecule has 1 fully saturated rings. The van der Waals surface area contributed by atoms with Gasteiger partial charge in [0.25, 0.3) is 0 Å². The van der Waals surface area contributed by atoms with Gasteiger partial charge in [0.05, 0.1) is 0 Å². The summed E-state index contributed by atoms with van der Waals surface area (Å²) in [7, 11) is 0. The molecule has 1 aromatic rings. The number of halogens is 2. The van der Waals surface area contributed by atoms with Gasteiger partial charge < -0.3 is 5.11 Å². The summed E-state index contributed by atoms with van der Waals surface area (Å²) < 4.78 is 0.987. The van der Waals surface area contributed by atoms with Crippen LogP contribution in [0.5, 0.6) is 0 Å². The van der Waals surface area contributed by atoms with Gasteiger partial charge in [-0.3, -0.25) is 9.69 Å². The van der Waals surface area contributed by atoms with E-state index in [4.69, 9.17) is 16.7 Å². The van der Waals surface area contributed by atoms with E-state index in [2.05, 4.69) is 15.9 Å². The smallest absolute Gasteiger partial charge is 0.320 e. The summed E-state index contributed by atoms with van der Waals surface area (Å²) in [5, 5.41) is 9.87. The van der Waals surface area contributed by atoms with Crippen LogP contribution in [0.4, 0.5) is 0 Å². The summed E-state index contributed by atoms with van der Waals surface area (Å²) in [6, 6.07) is 3.53. The Morgan fingerprint density at radius 1 is 1.61 bits per heavy atom. The van der Waals surface area contributed by atoms with Crippen molar-refractivity contribution in [1.82, 2.24) is 4.90 Å². The first-order valence-electron chi connectivity index (χ1n) is 5.90. The number of carboxylic acids is 1. The van der Waals surface area contributed by atoms with Crippen molar-refractivity contribution in [1.29, 1.82) is 0 Å². The van der Waals surface area contributed by atoms with Crippen LogP contribution in [0.15, 0.2) is 16.6 Å². The second kappa shape index (κ2) is 5.59. The quantitative estimate of drug-likeness (QED) is 0.921. The number of rotatable bonds is 3. The lowest BCUT2D eigenvalue weighted by atomic mass is 10.1. The number of hydrogen-bond donors (Lipinski definition) is 1. The Hall–Kier alpha value is -0.580. The molecule has 5 heteroatoms. The number of hydrogen-bond acceptors (Lipinski definition) is 2. The van der Waals surface area contributed by atoms with Gasteiger partial charge in [-0.25, -0.2) is 0 Å². The first kappa shape index (κ1) is 13.8. The molecule has 0 saturated carbocycles. The largest absolute Gasteiger partial charge is 0.480 e. The van der Waals surface area contributed by atoms with E-state index in [0.29, 0.717) is 6.54 Å². The van der Waals surface area contributed by atoms with Crippen LogP contribution in [0.2, 0.25) is 5.02 Å². The highest BCUT2D eigenvalue weighted by atomic mass is 79.9. The fourth-order valence-corrected chi connectivity index (χ4v) is 3.09. The Morgan fingerprint density at radius 3 is 3.00 bits per heavy atom. The van der Waals surface area contributed by atoms with Gasteiger partial charge in [0.2, 0.25) is 0 Å². The molecule has 18 heavy (non-hydrogen) atoms. The van der Waals surface area contributed by atoms with Gasteiger partial charge in [-0.2, -0.15) is 0 Å². The summed E-state index contributed by atoms with van der Waals surface area (Å²) in [5.74, 6) is -0.734. The third-order valence-electron chi connectivity index (χ3n) is 3.35. The van der Waals surface area contributed by atoms with Crippen LogP contribution in [0, 0.1) is 6.92 Å². The lowest BCUT2D eigenvalue weighted by molar-refractivity contribution is -0.142. The number of benzene rings is 1. The number of aliphatic carboxylic acids is 1. The third-order valence-corrected chi connectivity index (χ3v) is 4.50. The van der Waals surface area contributed by atoms with E-state index in [0.717, 1.165) is 40.0 Å². The summed E-state index contributed by atoms with van der Waals surface area (Å²) in [4.78, 5) is 13.1. The van der Waals surface area contributed by atoms with Gasteiger partial charge in [0, 0.05) is 16.0 Å². The molecule has 1 aliphatic heterocycles. The summed E-state index contributed by atoms with van der Waals surface area (Å²) in [6.07, 6.45) is 1.67. The highest BCUT2D eigenvalue weighted by Crippen LogP contribution is 2.28. The molecule has 1 atom stereocenters. The van der Waals surface area contributed by atoms with Crippen LogP contribution >= 0.6 is 27.5 Å². The summed E-state index contributed by atoms with van der Waals surface area (Å²) in [6.45, 7) is 3.40. The van der Waals surface area contributed by atoms with Crippen LogP contribution in [0.25, 0.3) is 0 Å². The third kappa shape index (κ3) is 2.87. The lowest BCUT2D eigenvalue weighted by Crippen LogP contribution is -2.35. The fraction of sp³-hybridized carbons (Fsp3) is 0.462. The predicted octanol–water partition coefficient (Wildman–Crippen LogP) is 3.46. The van der Waals surface area contributed by atoms with Crippen molar-refractivity contribution >= 4 is 33.5 Å². The number of nitrogens with zero attached hydrogens (tertiary/aromatic N) is 1. The SMILES string of the molecule is Cc1cc(Br)c(CN2CCC[C@@H]2C(=O)O)cc1Cl. The van der Waals surface area contributed by atoms with Crippen LogP contribution < -0.4 is 0 Å². The average Bonchev–Trinajstić information content (AvgIpc) is 2.74. The van der Waals surface area contributed by atoms with Gasteiger partial charge in [-0.05, 0) is 49.6 Å². The minimum atomic E-state index is -0.734. The summed E-state index contributed by atoms with van der Waals surface area (Å²) in [5.41, 5.74) is 2.06. The normalized spacial score (nSPS) is 20.3. The molecule has 0 aromatic heterocycles. The van der Waals surface area contributed by atoms with Crippen molar-refractivity contribution in [3.8, 4) is 0 Å². The monoisotopic (exact) mass is 331 g/mol. The molecule has 3 nitrogen and oxygen atoms in total. The zero-order valence-electron chi connectivity index (χ0n) is 10.1. The number of likely N-dealkylation sites (tertiary alicyclic amines) is 1. The molecule has 1 N–H and O–H groups in total. The molecule has 0 radical (unpaired) electrons. The Labute approximate surface area is 120 Å². The van der Waals surface area contributed by atoms with E-state index < -0.39 is 5.97 Å². The van der Waals surface area contributed by atoms with Gasteiger partial charge in [-0.1, -0.05) is 27.5 Å².